The van der Waals surface area contributed by atoms with Crippen LogP contribution >= 0.6 is 11.3 Å². The van der Waals surface area contributed by atoms with E-state index in [4.69, 9.17) is 4.74 Å². The minimum atomic E-state index is -0.568. The first-order valence-corrected chi connectivity index (χ1v) is 9.37. The molecule has 0 aliphatic carbocycles. The highest BCUT2D eigenvalue weighted by molar-refractivity contribution is 7.16. The topological polar surface area (TPSA) is 79.2 Å². The highest BCUT2D eigenvalue weighted by Crippen LogP contribution is 2.33. The Morgan fingerprint density at radius 3 is 2.57 bits per heavy atom. The van der Waals surface area contributed by atoms with E-state index >= 15 is 0 Å². The van der Waals surface area contributed by atoms with Gasteiger partial charge in [-0.25, -0.2) is 4.79 Å². The molecule has 0 spiro atoms. The molecule has 5 nitrogen and oxygen atoms in total. The molecule has 3 rings (SSSR count). The number of rotatable bonds is 4. The fourth-order valence-electron chi connectivity index (χ4n) is 2.91. The molecule has 0 bridgehead atoms. The number of nitrogens with one attached hydrogen (secondary N) is 1. The van der Waals surface area contributed by atoms with Crippen molar-refractivity contribution in [3.8, 4) is 6.07 Å². The van der Waals surface area contributed by atoms with Crippen LogP contribution in [0.4, 0.5) is 5.00 Å². The van der Waals surface area contributed by atoms with Crippen LogP contribution in [0.25, 0.3) is 16.8 Å². The summed E-state index contributed by atoms with van der Waals surface area (Å²) in [5.41, 5.74) is 1.80. The van der Waals surface area contributed by atoms with Gasteiger partial charge in [0.1, 0.15) is 16.6 Å². The summed E-state index contributed by atoms with van der Waals surface area (Å²) in [6, 6.07) is 15.4. The van der Waals surface area contributed by atoms with Gasteiger partial charge in [0.2, 0.25) is 0 Å². The predicted octanol–water partition coefficient (Wildman–Crippen LogP) is 4.85. The monoisotopic (exact) mass is 390 g/mol. The summed E-state index contributed by atoms with van der Waals surface area (Å²) in [6.45, 7) is 3.66. The average molecular weight is 390 g/mol. The van der Waals surface area contributed by atoms with Crippen molar-refractivity contribution in [2.24, 2.45) is 0 Å². The largest absolute Gasteiger partial charge is 0.465 e. The van der Waals surface area contributed by atoms with Crippen molar-refractivity contribution in [3.63, 3.8) is 0 Å². The minimum absolute atomic E-state index is 0.0455. The Hall–Kier alpha value is -3.43. The Morgan fingerprint density at radius 1 is 1.14 bits per heavy atom. The number of hydrogen-bond donors (Lipinski definition) is 1. The lowest BCUT2D eigenvalue weighted by molar-refractivity contribution is -0.112. The summed E-state index contributed by atoms with van der Waals surface area (Å²) in [6.07, 6.45) is 1.56. The van der Waals surface area contributed by atoms with E-state index in [0.29, 0.717) is 10.6 Å². The van der Waals surface area contributed by atoms with Gasteiger partial charge in [0.05, 0.1) is 12.7 Å². The maximum absolute atomic E-state index is 12.7. The van der Waals surface area contributed by atoms with Crippen LogP contribution in [0.2, 0.25) is 0 Å². The molecule has 0 unspecified atom stereocenters. The average Bonchev–Trinajstić information content (AvgIpc) is 2.98. The molecule has 1 aromatic heterocycles. The first kappa shape index (κ1) is 19.3. The molecule has 0 aliphatic heterocycles. The number of carbonyl (C=O) groups is 2. The van der Waals surface area contributed by atoms with Crippen molar-refractivity contribution in [2.75, 3.05) is 12.4 Å². The third-order valence-corrected chi connectivity index (χ3v) is 5.61. The van der Waals surface area contributed by atoms with Crippen molar-refractivity contribution in [1.82, 2.24) is 0 Å². The molecule has 0 saturated heterocycles. The highest BCUT2D eigenvalue weighted by Gasteiger charge is 2.22. The van der Waals surface area contributed by atoms with Crippen LogP contribution in [0, 0.1) is 25.2 Å². The zero-order valence-corrected chi connectivity index (χ0v) is 16.5. The van der Waals surface area contributed by atoms with Crippen molar-refractivity contribution in [1.29, 1.82) is 5.26 Å². The molecule has 1 N–H and O–H groups in total. The van der Waals surface area contributed by atoms with Gasteiger partial charge >= 0.3 is 5.97 Å². The lowest BCUT2D eigenvalue weighted by Crippen LogP contribution is -2.15. The van der Waals surface area contributed by atoms with Gasteiger partial charge < -0.3 is 10.1 Å². The van der Waals surface area contributed by atoms with Gasteiger partial charge in [0.25, 0.3) is 5.91 Å². The van der Waals surface area contributed by atoms with Gasteiger partial charge in [0.15, 0.2) is 0 Å². The third kappa shape index (κ3) is 3.66. The number of hydrogen-bond acceptors (Lipinski definition) is 5. The Kier molecular flexibility index (Phi) is 5.57. The summed E-state index contributed by atoms with van der Waals surface area (Å²) in [5, 5.41) is 14.6. The van der Waals surface area contributed by atoms with E-state index < -0.39 is 11.9 Å². The van der Waals surface area contributed by atoms with Gasteiger partial charge in [-0.2, -0.15) is 5.26 Å². The Bertz CT molecular complexity index is 1150. The van der Waals surface area contributed by atoms with Gasteiger partial charge in [0, 0.05) is 4.88 Å². The number of thiophene rings is 1. The number of aryl methyl sites for hydroxylation is 1. The first-order valence-electron chi connectivity index (χ1n) is 8.55. The second-order valence-corrected chi connectivity index (χ2v) is 7.40. The fraction of sp³-hybridized carbons (Fsp3) is 0.136. The summed E-state index contributed by atoms with van der Waals surface area (Å²) in [7, 11) is 1.29. The number of methoxy groups -OCH3 is 1. The van der Waals surface area contributed by atoms with Gasteiger partial charge in [-0.05, 0) is 41.8 Å². The molecule has 1 heterocycles. The van der Waals surface area contributed by atoms with E-state index in [1.54, 1.807) is 13.0 Å². The van der Waals surface area contributed by atoms with Crippen molar-refractivity contribution >= 4 is 45.1 Å². The second kappa shape index (κ2) is 8.07. The highest BCUT2D eigenvalue weighted by atomic mass is 32.1. The fourth-order valence-corrected chi connectivity index (χ4v) is 3.96. The number of carbonyl (C=O) groups excluding carboxylic acids is 2. The molecule has 1 amide bonds. The minimum Gasteiger partial charge on any atom is -0.465 e. The maximum atomic E-state index is 12.7. The summed E-state index contributed by atoms with van der Waals surface area (Å²) in [4.78, 5) is 25.7. The molecular formula is C22H18N2O3S. The molecule has 0 radical (unpaired) electrons. The van der Waals surface area contributed by atoms with Crippen LogP contribution in [0.5, 0.6) is 0 Å². The predicted molar refractivity (Wildman–Crippen MR) is 111 cm³/mol. The third-order valence-electron chi connectivity index (χ3n) is 4.49. The number of benzene rings is 2. The number of nitrogens with zero attached hydrogens (tertiary/aromatic N) is 1. The van der Waals surface area contributed by atoms with Crippen molar-refractivity contribution in [3.05, 3.63) is 69.6 Å². The normalized spacial score (nSPS) is 11.1. The molecule has 28 heavy (non-hydrogen) atoms. The number of fused-ring (bicyclic) bond motifs is 1. The molecule has 140 valence electrons. The van der Waals surface area contributed by atoms with E-state index in [1.165, 1.54) is 18.4 Å². The second-order valence-electron chi connectivity index (χ2n) is 6.17. The van der Waals surface area contributed by atoms with E-state index in [1.807, 2.05) is 55.5 Å². The number of ether oxygens (including phenoxy) is 1. The molecule has 0 saturated carbocycles. The van der Waals surface area contributed by atoms with E-state index in [9.17, 15) is 14.9 Å². The SMILES string of the molecule is COC(=O)c1c(NC(=O)/C(C#N)=C/c2cccc3ccccc23)sc(C)c1C. The number of anilines is 1. The molecule has 0 aliphatic rings. The smallest absolute Gasteiger partial charge is 0.341 e. The Morgan fingerprint density at radius 2 is 1.86 bits per heavy atom. The van der Waals surface area contributed by atoms with Crippen molar-refractivity contribution < 1.29 is 14.3 Å². The summed E-state index contributed by atoms with van der Waals surface area (Å²) < 4.78 is 4.82. The van der Waals surface area contributed by atoms with E-state index in [2.05, 4.69) is 5.32 Å². The van der Waals surface area contributed by atoms with Crippen molar-refractivity contribution in [2.45, 2.75) is 13.8 Å². The lowest BCUT2D eigenvalue weighted by atomic mass is 10.0. The summed E-state index contributed by atoms with van der Waals surface area (Å²) in [5.74, 6) is -1.09. The first-order chi connectivity index (χ1) is 13.5. The Balaban J connectivity index is 1.98. The lowest BCUT2D eigenvalue weighted by Gasteiger charge is -2.06. The molecule has 6 heteroatoms. The van der Waals surface area contributed by atoms with Crippen LogP contribution in [0.1, 0.15) is 26.4 Å². The zero-order valence-electron chi connectivity index (χ0n) is 15.7. The molecule has 2 aromatic carbocycles. The van der Waals surface area contributed by atoms with Gasteiger partial charge in [-0.1, -0.05) is 42.5 Å². The summed E-state index contributed by atoms with van der Waals surface area (Å²) >= 11 is 1.28. The van der Waals surface area contributed by atoms with Crippen LogP contribution in [0.3, 0.4) is 0 Å². The molecule has 0 atom stereocenters. The Labute approximate surface area is 166 Å². The standard InChI is InChI=1S/C22H18N2O3S/c1-13-14(2)28-21(19(13)22(26)27-3)24-20(25)17(12-23)11-16-9-6-8-15-7-4-5-10-18(15)16/h4-11H,1-3H3,(H,24,25)/b17-11+. The van der Waals surface area contributed by atoms with Crippen LogP contribution in [-0.4, -0.2) is 19.0 Å². The van der Waals surface area contributed by atoms with E-state index in [-0.39, 0.29) is 5.57 Å². The number of esters is 1. The molecular weight excluding hydrogens is 372 g/mol. The van der Waals surface area contributed by atoms with Crippen LogP contribution in [0.15, 0.2) is 48.0 Å². The van der Waals surface area contributed by atoms with Crippen LogP contribution in [-0.2, 0) is 9.53 Å². The molecule has 3 aromatic rings. The maximum Gasteiger partial charge on any atom is 0.341 e. The van der Waals surface area contributed by atoms with E-state index in [0.717, 1.165) is 26.8 Å². The van der Waals surface area contributed by atoms with Gasteiger partial charge in [-0.3, -0.25) is 4.79 Å². The number of nitriles is 1. The molecule has 0 fully saturated rings. The number of amides is 1. The van der Waals surface area contributed by atoms with Gasteiger partial charge in [-0.15, -0.1) is 11.3 Å². The quantitative estimate of drug-likeness (QED) is 0.392. The zero-order chi connectivity index (χ0) is 20.3. The van der Waals surface area contributed by atoms with Crippen LogP contribution < -0.4 is 5.32 Å².